The molecule has 3 nitrogen and oxygen atoms in total. The molecule has 0 aromatic heterocycles. The Hall–Kier alpha value is -1.13. The van der Waals surface area contributed by atoms with E-state index in [1.165, 1.54) is 0 Å². The standard InChI is InChI=1S/C10H7Cl2FO3/c1-2-16-10(15)9(14)6-3-5(13)4-7(11)8(6)12/h3-4H,2H2,1H3. The van der Waals surface area contributed by atoms with Crippen LogP contribution in [0.4, 0.5) is 4.39 Å². The van der Waals surface area contributed by atoms with Gasteiger partial charge in [-0.3, -0.25) is 4.79 Å². The molecule has 86 valence electrons. The van der Waals surface area contributed by atoms with E-state index in [4.69, 9.17) is 23.2 Å². The van der Waals surface area contributed by atoms with Crippen molar-refractivity contribution in [2.24, 2.45) is 0 Å². The van der Waals surface area contributed by atoms with E-state index < -0.39 is 17.6 Å². The minimum Gasteiger partial charge on any atom is -0.460 e. The highest BCUT2D eigenvalue weighted by atomic mass is 35.5. The van der Waals surface area contributed by atoms with Gasteiger partial charge in [-0.15, -0.1) is 0 Å². The van der Waals surface area contributed by atoms with Crippen molar-refractivity contribution in [3.63, 3.8) is 0 Å². The Balaban J connectivity index is 3.13. The predicted molar refractivity (Wildman–Crippen MR) is 57.4 cm³/mol. The van der Waals surface area contributed by atoms with Gasteiger partial charge in [-0.1, -0.05) is 23.2 Å². The lowest BCUT2D eigenvalue weighted by Crippen LogP contribution is -2.18. The van der Waals surface area contributed by atoms with Gasteiger partial charge in [-0.25, -0.2) is 9.18 Å². The van der Waals surface area contributed by atoms with Crippen LogP contribution >= 0.6 is 23.2 Å². The number of benzene rings is 1. The van der Waals surface area contributed by atoms with Gasteiger partial charge in [0.25, 0.3) is 5.78 Å². The molecule has 0 radical (unpaired) electrons. The second-order valence-corrected chi connectivity index (χ2v) is 3.58. The van der Waals surface area contributed by atoms with Gasteiger partial charge < -0.3 is 4.74 Å². The van der Waals surface area contributed by atoms with Crippen LogP contribution in [0, 0.1) is 5.82 Å². The van der Waals surface area contributed by atoms with Crippen molar-refractivity contribution in [3.05, 3.63) is 33.6 Å². The van der Waals surface area contributed by atoms with Crippen LogP contribution in [0.1, 0.15) is 17.3 Å². The first-order valence-electron chi connectivity index (χ1n) is 4.33. The highest BCUT2D eigenvalue weighted by molar-refractivity contribution is 6.49. The van der Waals surface area contributed by atoms with Gasteiger partial charge in [0, 0.05) is 0 Å². The summed E-state index contributed by atoms with van der Waals surface area (Å²) >= 11 is 11.2. The van der Waals surface area contributed by atoms with Crippen LogP contribution < -0.4 is 0 Å². The molecule has 0 bridgehead atoms. The number of esters is 1. The third-order valence-corrected chi connectivity index (χ3v) is 2.50. The number of hydrogen-bond acceptors (Lipinski definition) is 3. The Morgan fingerprint density at radius 3 is 2.56 bits per heavy atom. The van der Waals surface area contributed by atoms with Crippen molar-refractivity contribution in [3.8, 4) is 0 Å². The van der Waals surface area contributed by atoms with Crippen molar-refractivity contribution < 1.29 is 18.7 Å². The molecular formula is C10H7Cl2FO3. The van der Waals surface area contributed by atoms with Crippen LogP contribution in [0.15, 0.2) is 12.1 Å². The molecule has 0 amide bonds. The molecule has 6 heteroatoms. The highest BCUT2D eigenvalue weighted by Gasteiger charge is 2.22. The van der Waals surface area contributed by atoms with Crippen molar-refractivity contribution in [2.45, 2.75) is 6.92 Å². The topological polar surface area (TPSA) is 43.4 Å². The molecule has 0 saturated heterocycles. The van der Waals surface area contributed by atoms with Crippen LogP contribution in [-0.4, -0.2) is 18.4 Å². The monoisotopic (exact) mass is 264 g/mol. The summed E-state index contributed by atoms with van der Waals surface area (Å²) in [5.41, 5.74) is -0.301. The second kappa shape index (κ2) is 5.27. The van der Waals surface area contributed by atoms with Gasteiger partial charge in [-0.2, -0.15) is 0 Å². The fourth-order valence-corrected chi connectivity index (χ4v) is 1.43. The molecule has 1 aromatic carbocycles. The first-order valence-corrected chi connectivity index (χ1v) is 5.09. The maximum Gasteiger partial charge on any atom is 0.379 e. The van der Waals surface area contributed by atoms with Crippen LogP contribution in [0.3, 0.4) is 0 Å². The SMILES string of the molecule is CCOC(=O)C(=O)c1cc(F)cc(Cl)c1Cl. The lowest BCUT2D eigenvalue weighted by molar-refractivity contribution is -0.137. The Morgan fingerprint density at radius 2 is 2.00 bits per heavy atom. The molecule has 0 aliphatic heterocycles. The Labute approximate surface area is 101 Å². The third-order valence-electron chi connectivity index (χ3n) is 1.70. The van der Waals surface area contributed by atoms with Gasteiger partial charge in [0.05, 0.1) is 22.2 Å². The van der Waals surface area contributed by atoms with E-state index in [9.17, 15) is 14.0 Å². The maximum absolute atomic E-state index is 13.0. The molecule has 0 aliphatic rings. The lowest BCUT2D eigenvalue weighted by atomic mass is 10.1. The van der Waals surface area contributed by atoms with Gasteiger partial charge >= 0.3 is 5.97 Å². The average molecular weight is 265 g/mol. The van der Waals surface area contributed by atoms with E-state index in [-0.39, 0.29) is 22.2 Å². The van der Waals surface area contributed by atoms with Crippen LogP contribution in [0.2, 0.25) is 10.0 Å². The molecule has 0 aliphatic carbocycles. The molecule has 0 fully saturated rings. The van der Waals surface area contributed by atoms with Crippen LogP contribution in [-0.2, 0) is 9.53 Å². The normalized spacial score (nSPS) is 10.0. The summed E-state index contributed by atoms with van der Waals surface area (Å²) in [7, 11) is 0. The zero-order chi connectivity index (χ0) is 12.3. The Bertz CT molecular complexity index is 446. The lowest BCUT2D eigenvalue weighted by Gasteiger charge is -2.04. The van der Waals surface area contributed by atoms with Gasteiger partial charge in [-0.05, 0) is 19.1 Å². The van der Waals surface area contributed by atoms with Gasteiger partial charge in [0.1, 0.15) is 5.82 Å². The summed E-state index contributed by atoms with van der Waals surface area (Å²) in [5.74, 6) is -2.86. The molecular weight excluding hydrogens is 258 g/mol. The van der Waals surface area contributed by atoms with E-state index >= 15 is 0 Å². The molecule has 0 spiro atoms. The molecule has 0 saturated carbocycles. The Morgan fingerprint density at radius 1 is 1.38 bits per heavy atom. The summed E-state index contributed by atoms with van der Waals surface area (Å²) in [4.78, 5) is 22.6. The number of halogens is 3. The highest BCUT2D eigenvalue weighted by Crippen LogP contribution is 2.27. The number of ketones is 1. The van der Waals surface area contributed by atoms with Crippen molar-refractivity contribution in [2.75, 3.05) is 6.61 Å². The fourth-order valence-electron chi connectivity index (χ4n) is 1.03. The summed E-state index contributed by atoms with van der Waals surface area (Å²) < 4.78 is 17.5. The Kier molecular flexibility index (Phi) is 4.26. The van der Waals surface area contributed by atoms with E-state index in [2.05, 4.69) is 4.74 Å². The minimum atomic E-state index is -1.09. The summed E-state index contributed by atoms with van der Waals surface area (Å²) in [6.45, 7) is 1.59. The first-order chi connectivity index (χ1) is 7.47. The third kappa shape index (κ3) is 2.71. The van der Waals surface area contributed by atoms with Gasteiger partial charge in [0.15, 0.2) is 0 Å². The first kappa shape index (κ1) is 12.9. The maximum atomic E-state index is 13.0. The smallest absolute Gasteiger partial charge is 0.379 e. The quantitative estimate of drug-likeness (QED) is 0.365. The molecule has 0 N–H and O–H groups in total. The summed E-state index contributed by atoms with van der Waals surface area (Å²) in [5, 5.41) is -0.296. The number of carbonyl (C=O) groups excluding carboxylic acids is 2. The predicted octanol–water partition coefficient (Wildman–Crippen LogP) is 2.88. The van der Waals surface area contributed by atoms with E-state index in [0.717, 1.165) is 12.1 Å². The molecule has 1 rings (SSSR count). The van der Waals surface area contributed by atoms with Crippen molar-refractivity contribution in [1.82, 2.24) is 0 Å². The largest absolute Gasteiger partial charge is 0.460 e. The summed E-state index contributed by atoms with van der Waals surface area (Å²) in [6, 6.07) is 1.79. The van der Waals surface area contributed by atoms with Gasteiger partial charge in [0.2, 0.25) is 0 Å². The van der Waals surface area contributed by atoms with Crippen LogP contribution in [0.25, 0.3) is 0 Å². The van der Waals surface area contributed by atoms with E-state index in [1.54, 1.807) is 6.92 Å². The fraction of sp³-hybridized carbons (Fsp3) is 0.200. The van der Waals surface area contributed by atoms with Crippen molar-refractivity contribution >= 4 is 35.0 Å². The molecule has 0 heterocycles. The molecule has 1 aromatic rings. The van der Waals surface area contributed by atoms with E-state index in [0.29, 0.717) is 0 Å². The number of carbonyl (C=O) groups is 2. The zero-order valence-corrected chi connectivity index (χ0v) is 9.73. The molecule has 0 unspecified atom stereocenters. The van der Waals surface area contributed by atoms with E-state index in [1.807, 2.05) is 0 Å². The zero-order valence-electron chi connectivity index (χ0n) is 8.22. The summed E-state index contributed by atoms with van der Waals surface area (Å²) in [6.07, 6.45) is 0. The van der Waals surface area contributed by atoms with Crippen molar-refractivity contribution in [1.29, 1.82) is 0 Å². The number of rotatable bonds is 3. The number of hydrogen-bond donors (Lipinski definition) is 0. The second-order valence-electron chi connectivity index (χ2n) is 2.80. The number of Topliss-reactive ketones (excluding diaryl/α,β-unsaturated/α-hetero) is 1. The minimum absolute atomic E-state index is 0.0469. The van der Waals surface area contributed by atoms with Crippen LogP contribution in [0.5, 0.6) is 0 Å². The molecule has 0 atom stereocenters. The average Bonchev–Trinajstić information content (AvgIpc) is 2.22. The number of ether oxygens (including phenoxy) is 1. The molecule has 16 heavy (non-hydrogen) atoms.